The van der Waals surface area contributed by atoms with Crippen LogP contribution in [0.4, 0.5) is 4.39 Å². The molecule has 184 valence electrons. The van der Waals surface area contributed by atoms with Gasteiger partial charge in [0.2, 0.25) is 11.8 Å². The third-order valence-corrected chi connectivity index (χ3v) is 5.57. The number of carboxylic acid groups (broad SMARTS) is 1. The van der Waals surface area contributed by atoms with Crippen molar-refractivity contribution in [1.29, 1.82) is 0 Å². The Balaban J connectivity index is 1.77. The van der Waals surface area contributed by atoms with E-state index in [0.29, 0.717) is 5.52 Å². The van der Waals surface area contributed by atoms with Gasteiger partial charge in [0.15, 0.2) is 5.69 Å². The SMILES string of the molecule is CC(C)N(CC(=O)NCc1cccc(Cl)c1F)C(=O)Cn1nc(C(N)=O)c2cc(C(=O)O)ccc21. The van der Waals surface area contributed by atoms with Crippen molar-refractivity contribution in [3.8, 4) is 0 Å². The summed E-state index contributed by atoms with van der Waals surface area (Å²) in [5, 5.41) is 16.0. The van der Waals surface area contributed by atoms with Gasteiger partial charge in [-0.15, -0.1) is 0 Å². The summed E-state index contributed by atoms with van der Waals surface area (Å²) in [4.78, 5) is 50.0. The molecule has 2 aromatic carbocycles. The van der Waals surface area contributed by atoms with E-state index < -0.39 is 29.5 Å². The molecular weight excluding hydrogens is 481 g/mol. The van der Waals surface area contributed by atoms with Crippen molar-refractivity contribution in [2.24, 2.45) is 5.73 Å². The maximum atomic E-state index is 14.0. The number of carbonyl (C=O) groups is 4. The molecule has 0 bridgehead atoms. The van der Waals surface area contributed by atoms with Gasteiger partial charge in [-0.3, -0.25) is 19.1 Å². The number of hydrogen-bond acceptors (Lipinski definition) is 5. The normalized spacial score (nSPS) is 11.0. The van der Waals surface area contributed by atoms with Gasteiger partial charge in [-0.2, -0.15) is 5.10 Å². The van der Waals surface area contributed by atoms with Gasteiger partial charge >= 0.3 is 5.97 Å². The second-order valence-corrected chi connectivity index (χ2v) is 8.42. The van der Waals surface area contributed by atoms with Crippen LogP contribution >= 0.6 is 11.6 Å². The minimum Gasteiger partial charge on any atom is -0.478 e. The lowest BCUT2D eigenvalue weighted by molar-refractivity contribution is -0.138. The molecule has 0 aliphatic heterocycles. The topological polar surface area (TPSA) is 148 Å². The van der Waals surface area contributed by atoms with Crippen molar-refractivity contribution in [2.75, 3.05) is 6.54 Å². The molecule has 4 N–H and O–H groups in total. The summed E-state index contributed by atoms with van der Waals surface area (Å²) >= 11 is 5.75. The number of rotatable bonds is 9. The number of aromatic carboxylic acids is 1. The quantitative estimate of drug-likeness (QED) is 0.407. The molecule has 3 amide bonds. The minimum absolute atomic E-state index is 0.0620. The molecule has 0 radical (unpaired) electrons. The fourth-order valence-corrected chi connectivity index (χ4v) is 3.68. The van der Waals surface area contributed by atoms with Crippen LogP contribution in [0.1, 0.15) is 40.3 Å². The molecule has 0 aliphatic carbocycles. The number of aromatic nitrogens is 2. The summed E-state index contributed by atoms with van der Waals surface area (Å²) in [6.45, 7) is 2.70. The Kier molecular flexibility index (Phi) is 7.70. The Hall–Kier alpha value is -3.99. The predicted molar refractivity (Wildman–Crippen MR) is 125 cm³/mol. The number of primary amides is 1. The van der Waals surface area contributed by atoms with E-state index in [4.69, 9.17) is 17.3 Å². The molecule has 0 unspecified atom stereocenters. The first-order valence-electron chi connectivity index (χ1n) is 10.5. The molecule has 0 spiro atoms. The highest BCUT2D eigenvalue weighted by Gasteiger charge is 2.24. The number of hydrogen-bond donors (Lipinski definition) is 3. The zero-order chi connectivity index (χ0) is 25.9. The first-order chi connectivity index (χ1) is 16.5. The Morgan fingerprint density at radius 2 is 1.94 bits per heavy atom. The average molecular weight is 504 g/mol. The Labute approximate surface area is 204 Å². The molecule has 35 heavy (non-hydrogen) atoms. The predicted octanol–water partition coefficient (Wildman–Crippen LogP) is 2.18. The minimum atomic E-state index is -1.19. The summed E-state index contributed by atoms with van der Waals surface area (Å²) in [7, 11) is 0. The smallest absolute Gasteiger partial charge is 0.335 e. The van der Waals surface area contributed by atoms with Crippen molar-refractivity contribution in [3.63, 3.8) is 0 Å². The van der Waals surface area contributed by atoms with Gasteiger partial charge in [0.25, 0.3) is 5.91 Å². The van der Waals surface area contributed by atoms with Crippen LogP contribution in [0.3, 0.4) is 0 Å². The van der Waals surface area contributed by atoms with Crippen LogP contribution < -0.4 is 11.1 Å². The van der Waals surface area contributed by atoms with Gasteiger partial charge in [-0.25, -0.2) is 9.18 Å². The molecule has 0 fully saturated rings. The van der Waals surface area contributed by atoms with Gasteiger partial charge in [-0.05, 0) is 38.1 Å². The summed E-state index contributed by atoms with van der Waals surface area (Å²) < 4.78 is 15.3. The van der Waals surface area contributed by atoms with Crippen LogP contribution in [0, 0.1) is 5.82 Å². The molecular formula is C23H23ClFN5O5. The molecule has 1 aromatic heterocycles. The van der Waals surface area contributed by atoms with E-state index in [1.54, 1.807) is 19.9 Å². The van der Waals surface area contributed by atoms with Gasteiger partial charge in [0, 0.05) is 23.5 Å². The van der Waals surface area contributed by atoms with Crippen LogP contribution in [-0.2, 0) is 22.7 Å². The largest absolute Gasteiger partial charge is 0.478 e. The van der Waals surface area contributed by atoms with Crippen LogP contribution in [0.2, 0.25) is 5.02 Å². The number of fused-ring (bicyclic) bond motifs is 1. The molecule has 3 rings (SSSR count). The number of carbonyl (C=O) groups excluding carboxylic acids is 3. The van der Waals surface area contributed by atoms with E-state index >= 15 is 0 Å². The highest BCUT2D eigenvalue weighted by atomic mass is 35.5. The Morgan fingerprint density at radius 1 is 1.23 bits per heavy atom. The van der Waals surface area contributed by atoms with E-state index in [1.165, 1.54) is 39.9 Å². The van der Waals surface area contributed by atoms with Gasteiger partial charge < -0.3 is 21.1 Å². The fourth-order valence-electron chi connectivity index (χ4n) is 3.48. The molecule has 1 heterocycles. The third-order valence-electron chi connectivity index (χ3n) is 5.28. The first-order valence-corrected chi connectivity index (χ1v) is 10.9. The maximum absolute atomic E-state index is 14.0. The van der Waals surface area contributed by atoms with E-state index in [0.717, 1.165) is 0 Å². The van der Waals surface area contributed by atoms with E-state index in [1.807, 2.05) is 0 Å². The summed E-state index contributed by atoms with van der Waals surface area (Å²) in [6, 6.07) is 8.08. The lowest BCUT2D eigenvalue weighted by Gasteiger charge is -2.26. The highest BCUT2D eigenvalue weighted by Crippen LogP contribution is 2.21. The Morgan fingerprint density at radius 3 is 2.57 bits per heavy atom. The summed E-state index contributed by atoms with van der Waals surface area (Å²) in [5.74, 6) is -3.70. The second kappa shape index (κ2) is 10.5. The fraction of sp³-hybridized carbons (Fsp3) is 0.261. The zero-order valence-electron chi connectivity index (χ0n) is 18.9. The molecule has 0 saturated carbocycles. The lowest BCUT2D eigenvalue weighted by atomic mass is 10.1. The maximum Gasteiger partial charge on any atom is 0.335 e. The number of nitrogens with one attached hydrogen (secondary N) is 1. The van der Waals surface area contributed by atoms with Crippen LogP contribution in [0.15, 0.2) is 36.4 Å². The summed E-state index contributed by atoms with van der Waals surface area (Å²) in [5.41, 5.74) is 5.68. The van der Waals surface area contributed by atoms with Gasteiger partial charge in [-0.1, -0.05) is 23.7 Å². The lowest BCUT2D eigenvalue weighted by Crippen LogP contribution is -2.45. The Bertz CT molecular complexity index is 1320. The monoisotopic (exact) mass is 503 g/mol. The molecule has 3 aromatic rings. The number of carboxylic acids is 1. The zero-order valence-corrected chi connectivity index (χ0v) is 19.7. The van der Waals surface area contributed by atoms with Gasteiger partial charge in [0.05, 0.1) is 22.6 Å². The van der Waals surface area contributed by atoms with Crippen molar-refractivity contribution >= 4 is 46.2 Å². The van der Waals surface area contributed by atoms with E-state index in [9.17, 15) is 28.7 Å². The first kappa shape index (κ1) is 25.6. The van der Waals surface area contributed by atoms with Crippen molar-refractivity contribution in [2.45, 2.75) is 33.0 Å². The van der Waals surface area contributed by atoms with Crippen LogP contribution in [-0.4, -0.2) is 56.1 Å². The van der Waals surface area contributed by atoms with Crippen molar-refractivity contribution in [1.82, 2.24) is 20.0 Å². The highest BCUT2D eigenvalue weighted by molar-refractivity contribution is 6.30. The molecule has 10 nitrogen and oxygen atoms in total. The molecule has 0 aliphatic rings. The van der Waals surface area contributed by atoms with E-state index in [2.05, 4.69) is 10.4 Å². The van der Waals surface area contributed by atoms with Crippen LogP contribution in [0.25, 0.3) is 10.9 Å². The second-order valence-electron chi connectivity index (χ2n) is 8.01. The number of nitrogens with zero attached hydrogens (tertiary/aromatic N) is 3. The number of halogens is 2. The standard InChI is InChI=1S/C23H23ClFN5O5/c1-12(2)29(10-18(31)27-9-14-4-3-5-16(24)20(14)25)19(32)11-30-17-7-6-13(23(34)35)8-15(17)21(28-30)22(26)33/h3-8,12H,9-11H2,1-2H3,(H2,26,33)(H,27,31)(H,34,35). The van der Waals surface area contributed by atoms with E-state index in [-0.39, 0.29) is 52.9 Å². The number of amides is 3. The third kappa shape index (κ3) is 5.75. The van der Waals surface area contributed by atoms with Crippen LogP contribution in [0.5, 0.6) is 0 Å². The van der Waals surface area contributed by atoms with Gasteiger partial charge in [0.1, 0.15) is 12.4 Å². The number of benzene rings is 2. The summed E-state index contributed by atoms with van der Waals surface area (Å²) in [6.07, 6.45) is 0. The molecule has 0 atom stereocenters. The number of nitrogens with two attached hydrogens (primary N) is 1. The molecule has 0 saturated heterocycles. The van der Waals surface area contributed by atoms with Crippen molar-refractivity contribution < 1.29 is 28.7 Å². The average Bonchev–Trinajstić information content (AvgIpc) is 3.16. The molecule has 12 heteroatoms. The van der Waals surface area contributed by atoms with Crippen molar-refractivity contribution in [3.05, 3.63) is 64.1 Å².